The summed E-state index contributed by atoms with van der Waals surface area (Å²) >= 11 is 1.63. The molecule has 0 aliphatic rings. The molecule has 0 radical (unpaired) electrons. The highest BCUT2D eigenvalue weighted by Gasteiger charge is 2.26. The molecule has 3 aromatic carbocycles. The summed E-state index contributed by atoms with van der Waals surface area (Å²) in [7, 11) is 1.91. The molecule has 4 nitrogen and oxygen atoms in total. The molecule has 1 heterocycles. The van der Waals surface area contributed by atoms with E-state index in [1.807, 2.05) is 66.5 Å². The van der Waals surface area contributed by atoms with Gasteiger partial charge in [-0.1, -0.05) is 42.5 Å². The number of rotatable bonds is 6. The standard InChI is InChI=1S/C23H20FN3OS/c1-27(15-21-26-19-9-5-6-10-20(19)29-21)22(16-7-3-2-4-8-16)23(28)25-18-13-11-17(24)12-14-18/h2-14,22H,15H2,1H3,(H,25,28). The molecule has 1 amide bonds. The van der Waals surface area contributed by atoms with Gasteiger partial charge in [-0.15, -0.1) is 11.3 Å². The number of aromatic nitrogens is 1. The zero-order chi connectivity index (χ0) is 20.2. The van der Waals surface area contributed by atoms with Gasteiger partial charge in [0, 0.05) is 5.69 Å². The van der Waals surface area contributed by atoms with Crippen molar-refractivity contribution in [1.29, 1.82) is 0 Å². The van der Waals surface area contributed by atoms with E-state index in [1.165, 1.54) is 12.1 Å². The highest BCUT2D eigenvalue weighted by Crippen LogP contribution is 2.27. The molecule has 4 rings (SSSR count). The fourth-order valence-corrected chi connectivity index (χ4v) is 4.31. The van der Waals surface area contributed by atoms with E-state index in [2.05, 4.69) is 10.3 Å². The maximum absolute atomic E-state index is 13.2. The van der Waals surface area contributed by atoms with Crippen molar-refractivity contribution in [1.82, 2.24) is 9.88 Å². The molecular formula is C23H20FN3OS. The number of hydrogen-bond acceptors (Lipinski definition) is 4. The number of benzene rings is 3. The van der Waals surface area contributed by atoms with Crippen LogP contribution in [0.15, 0.2) is 78.9 Å². The third-order valence-electron chi connectivity index (χ3n) is 4.64. The highest BCUT2D eigenvalue weighted by molar-refractivity contribution is 7.18. The lowest BCUT2D eigenvalue weighted by molar-refractivity contribution is -0.121. The number of thiazole rings is 1. The van der Waals surface area contributed by atoms with Gasteiger partial charge in [0.2, 0.25) is 5.91 Å². The molecule has 1 aromatic heterocycles. The smallest absolute Gasteiger partial charge is 0.246 e. The van der Waals surface area contributed by atoms with Crippen LogP contribution in [-0.2, 0) is 11.3 Å². The summed E-state index contributed by atoms with van der Waals surface area (Å²) < 4.78 is 14.3. The molecule has 1 unspecified atom stereocenters. The van der Waals surface area contributed by atoms with Crippen molar-refractivity contribution in [2.75, 3.05) is 12.4 Å². The number of carbonyl (C=O) groups excluding carboxylic acids is 1. The summed E-state index contributed by atoms with van der Waals surface area (Å²) in [5.41, 5.74) is 2.41. The topological polar surface area (TPSA) is 45.2 Å². The molecule has 0 saturated carbocycles. The van der Waals surface area contributed by atoms with Gasteiger partial charge in [0.05, 0.1) is 16.8 Å². The Balaban J connectivity index is 1.59. The van der Waals surface area contributed by atoms with E-state index < -0.39 is 6.04 Å². The van der Waals surface area contributed by atoms with Gasteiger partial charge >= 0.3 is 0 Å². The first-order valence-electron chi connectivity index (χ1n) is 9.26. The Hall–Kier alpha value is -3.09. The molecule has 0 bridgehead atoms. The zero-order valence-corrected chi connectivity index (χ0v) is 16.7. The molecule has 29 heavy (non-hydrogen) atoms. The Morgan fingerprint density at radius 2 is 1.72 bits per heavy atom. The van der Waals surface area contributed by atoms with Crippen LogP contribution in [0.25, 0.3) is 10.2 Å². The monoisotopic (exact) mass is 405 g/mol. The number of amides is 1. The van der Waals surface area contributed by atoms with Crippen molar-refractivity contribution >= 4 is 33.1 Å². The summed E-state index contributed by atoms with van der Waals surface area (Å²) in [6, 6.07) is 22.9. The number of carbonyl (C=O) groups is 1. The Morgan fingerprint density at radius 3 is 2.45 bits per heavy atom. The van der Waals surface area contributed by atoms with E-state index in [0.717, 1.165) is 20.8 Å². The maximum atomic E-state index is 13.2. The van der Waals surface area contributed by atoms with E-state index >= 15 is 0 Å². The van der Waals surface area contributed by atoms with Crippen LogP contribution in [0.2, 0.25) is 0 Å². The number of nitrogens with zero attached hydrogens (tertiary/aromatic N) is 2. The predicted molar refractivity (Wildman–Crippen MR) is 115 cm³/mol. The number of anilines is 1. The van der Waals surface area contributed by atoms with Crippen LogP contribution in [-0.4, -0.2) is 22.8 Å². The Labute approximate surface area is 172 Å². The van der Waals surface area contributed by atoms with Crippen molar-refractivity contribution in [3.05, 3.63) is 95.3 Å². The van der Waals surface area contributed by atoms with Crippen molar-refractivity contribution in [3.63, 3.8) is 0 Å². The first-order chi connectivity index (χ1) is 14.1. The number of hydrogen-bond donors (Lipinski definition) is 1. The third-order valence-corrected chi connectivity index (χ3v) is 5.66. The molecule has 1 atom stereocenters. The Bertz CT molecular complexity index is 1080. The second kappa shape index (κ2) is 8.51. The summed E-state index contributed by atoms with van der Waals surface area (Å²) in [5, 5.41) is 3.85. The fourth-order valence-electron chi connectivity index (χ4n) is 3.28. The number of halogens is 1. The molecule has 146 valence electrons. The van der Waals surface area contributed by atoms with Crippen LogP contribution >= 0.6 is 11.3 Å². The minimum absolute atomic E-state index is 0.175. The lowest BCUT2D eigenvalue weighted by Gasteiger charge is -2.27. The largest absolute Gasteiger partial charge is 0.324 e. The summed E-state index contributed by atoms with van der Waals surface area (Å²) in [6.07, 6.45) is 0. The van der Waals surface area contributed by atoms with Gasteiger partial charge in [0.15, 0.2) is 0 Å². The molecule has 0 spiro atoms. The molecular weight excluding hydrogens is 385 g/mol. The minimum Gasteiger partial charge on any atom is -0.324 e. The van der Waals surface area contributed by atoms with Crippen LogP contribution < -0.4 is 5.32 Å². The van der Waals surface area contributed by atoms with Gasteiger partial charge in [-0.2, -0.15) is 0 Å². The summed E-state index contributed by atoms with van der Waals surface area (Å²) in [4.78, 5) is 19.8. The van der Waals surface area contributed by atoms with Crippen LogP contribution in [0.1, 0.15) is 16.6 Å². The first kappa shape index (κ1) is 19.2. The molecule has 6 heteroatoms. The Morgan fingerprint density at radius 1 is 1.03 bits per heavy atom. The normalized spacial score (nSPS) is 12.2. The van der Waals surface area contributed by atoms with E-state index in [0.29, 0.717) is 12.2 Å². The van der Waals surface area contributed by atoms with Crippen molar-refractivity contribution in [2.45, 2.75) is 12.6 Å². The van der Waals surface area contributed by atoms with Crippen molar-refractivity contribution in [3.8, 4) is 0 Å². The minimum atomic E-state index is -0.506. The van der Waals surface area contributed by atoms with Crippen LogP contribution in [0.4, 0.5) is 10.1 Å². The van der Waals surface area contributed by atoms with E-state index in [1.54, 1.807) is 23.5 Å². The molecule has 0 saturated heterocycles. The highest BCUT2D eigenvalue weighted by atomic mass is 32.1. The van der Waals surface area contributed by atoms with Crippen molar-refractivity contribution < 1.29 is 9.18 Å². The molecule has 4 aromatic rings. The Kier molecular flexibility index (Phi) is 5.64. The van der Waals surface area contributed by atoms with Crippen molar-refractivity contribution in [2.24, 2.45) is 0 Å². The van der Waals surface area contributed by atoms with Crippen LogP contribution in [0.3, 0.4) is 0 Å². The van der Waals surface area contributed by atoms with Gasteiger partial charge in [-0.05, 0) is 49.0 Å². The van der Waals surface area contributed by atoms with E-state index in [-0.39, 0.29) is 11.7 Å². The second-order valence-electron chi connectivity index (χ2n) is 6.80. The number of likely N-dealkylation sites (N-methyl/N-ethyl adjacent to an activating group) is 1. The predicted octanol–water partition coefficient (Wildman–Crippen LogP) is 5.25. The number of para-hydroxylation sites is 1. The van der Waals surface area contributed by atoms with Gasteiger partial charge in [-0.3, -0.25) is 9.69 Å². The van der Waals surface area contributed by atoms with Gasteiger partial charge in [0.25, 0.3) is 0 Å². The van der Waals surface area contributed by atoms with E-state index in [9.17, 15) is 9.18 Å². The third kappa shape index (κ3) is 4.50. The lowest BCUT2D eigenvalue weighted by atomic mass is 10.0. The number of fused-ring (bicyclic) bond motifs is 1. The van der Waals surface area contributed by atoms with Crippen LogP contribution in [0, 0.1) is 5.82 Å². The number of nitrogens with one attached hydrogen (secondary N) is 1. The average molecular weight is 405 g/mol. The average Bonchev–Trinajstić information content (AvgIpc) is 3.13. The summed E-state index contributed by atoms with van der Waals surface area (Å²) in [5.74, 6) is -0.512. The first-order valence-corrected chi connectivity index (χ1v) is 10.1. The molecule has 1 N–H and O–H groups in total. The van der Waals surface area contributed by atoms with Gasteiger partial charge in [-0.25, -0.2) is 9.37 Å². The lowest BCUT2D eigenvalue weighted by Crippen LogP contribution is -2.34. The molecule has 0 aliphatic heterocycles. The second-order valence-corrected chi connectivity index (χ2v) is 7.92. The molecule has 0 fully saturated rings. The quantitative estimate of drug-likeness (QED) is 0.477. The summed E-state index contributed by atoms with van der Waals surface area (Å²) in [6.45, 7) is 0.537. The van der Waals surface area contributed by atoms with E-state index in [4.69, 9.17) is 0 Å². The maximum Gasteiger partial charge on any atom is 0.246 e. The zero-order valence-electron chi connectivity index (χ0n) is 15.9. The van der Waals surface area contributed by atoms with Gasteiger partial charge in [0.1, 0.15) is 16.9 Å². The molecule has 0 aliphatic carbocycles. The fraction of sp³-hybridized carbons (Fsp3) is 0.130. The van der Waals surface area contributed by atoms with Crippen LogP contribution in [0.5, 0.6) is 0 Å². The van der Waals surface area contributed by atoms with Gasteiger partial charge < -0.3 is 5.32 Å². The SMILES string of the molecule is CN(Cc1nc2ccccc2s1)C(C(=O)Nc1ccc(F)cc1)c1ccccc1.